The Morgan fingerprint density at radius 1 is 1.09 bits per heavy atom. The summed E-state index contributed by atoms with van der Waals surface area (Å²) in [7, 11) is 0. The molecule has 0 aliphatic rings. The number of aryl methyl sites for hydroxylation is 1. The van der Waals surface area contributed by atoms with Gasteiger partial charge >= 0.3 is 0 Å². The normalized spacial score (nSPS) is 10.3. The fraction of sp³-hybridized carbons (Fsp3) is 0.176. The smallest absolute Gasteiger partial charge is 0.244 e. The van der Waals surface area contributed by atoms with E-state index in [-0.39, 0.29) is 18.4 Å². The number of hydrogen-bond donors (Lipinski definition) is 1. The van der Waals surface area contributed by atoms with Crippen LogP contribution >= 0.6 is 23.2 Å². The Hall–Kier alpha value is -2.04. The van der Waals surface area contributed by atoms with Gasteiger partial charge in [-0.25, -0.2) is 0 Å². The van der Waals surface area contributed by atoms with E-state index < -0.39 is 0 Å². The first-order valence-corrected chi connectivity index (χ1v) is 7.72. The predicted octanol–water partition coefficient (Wildman–Crippen LogP) is 4.29. The number of benzene rings is 2. The number of nitrogens with one attached hydrogen (secondary N) is 1. The first-order chi connectivity index (χ1) is 10.9. The van der Waals surface area contributed by atoms with Crippen molar-refractivity contribution in [3.05, 3.63) is 58.1 Å². The Balaban J connectivity index is 2.14. The van der Waals surface area contributed by atoms with Gasteiger partial charge in [0.2, 0.25) is 11.8 Å². The summed E-state index contributed by atoms with van der Waals surface area (Å²) in [6.07, 6.45) is 0. The van der Waals surface area contributed by atoms with Crippen LogP contribution in [0, 0.1) is 6.92 Å². The molecule has 23 heavy (non-hydrogen) atoms. The Morgan fingerprint density at radius 2 is 1.78 bits per heavy atom. The molecule has 4 nitrogen and oxygen atoms in total. The van der Waals surface area contributed by atoms with Gasteiger partial charge in [-0.05, 0) is 48.9 Å². The zero-order valence-corrected chi connectivity index (χ0v) is 14.3. The average molecular weight is 351 g/mol. The van der Waals surface area contributed by atoms with Gasteiger partial charge < -0.3 is 10.2 Å². The van der Waals surface area contributed by atoms with Crippen molar-refractivity contribution in [2.45, 2.75) is 13.8 Å². The number of anilines is 2. The molecule has 0 unspecified atom stereocenters. The maximum absolute atomic E-state index is 12.3. The van der Waals surface area contributed by atoms with Gasteiger partial charge in [0, 0.05) is 28.3 Å². The fourth-order valence-corrected chi connectivity index (χ4v) is 2.54. The largest absolute Gasteiger partial charge is 0.324 e. The predicted molar refractivity (Wildman–Crippen MR) is 94.3 cm³/mol. The Bertz CT molecular complexity index is 747. The van der Waals surface area contributed by atoms with Gasteiger partial charge in [-0.1, -0.05) is 29.3 Å². The molecule has 6 heteroatoms. The van der Waals surface area contributed by atoms with Crippen molar-refractivity contribution in [2.75, 3.05) is 16.8 Å². The van der Waals surface area contributed by atoms with Crippen LogP contribution in [0.2, 0.25) is 10.0 Å². The second-order valence-corrected chi connectivity index (χ2v) is 5.97. The van der Waals surface area contributed by atoms with Gasteiger partial charge in [-0.3, -0.25) is 9.59 Å². The standard InChI is InChI=1S/C17H16Cl2N2O2/c1-11-8-14(19)6-7-16(11)20-17(23)10-21(12(2)22)15-5-3-4-13(18)9-15/h3-9H,10H2,1-2H3,(H,20,23). The van der Waals surface area contributed by atoms with E-state index in [0.717, 1.165) is 5.56 Å². The quantitative estimate of drug-likeness (QED) is 0.893. The number of nitrogens with zero attached hydrogens (tertiary/aromatic N) is 1. The summed E-state index contributed by atoms with van der Waals surface area (Å²) >= 11 is 11.8. The SMILES string of the molecule is CC(=O)N(CC(=O)Nc1ccc(Cl)cc1C)c1cccc(Cl)c1. The molecular formula is C17H16Cl2N2O2. The van der Waals surface area contributed by atoms with Crippen LogP contribution in [0.3, 0.4) is 0 Å². The van der Waals surface area contributed by atoms with Gasteiger partial charge in [0.05, 0.1) is 0 Å². The maximum atomic E-state index is 12.3. The Labute approximate surface area is 145 Å². The molecule has 0 atom stereocenters. The maximum Gasteiger partial charge on any atom is 0.244 e. The van der Waals surface area contributed by atoms with Crippen LogP contribution in [0.1, 0.15) is 12.5 Å². The Kier molecular flexibility index (Phi) is 5.64. The minimum atomic E-state index is -0.300. The summed E-state index contributed by atoms with van der Waals surface area (Å²) in [6.45, 7) is 3.15. The third-order valence-electron chi connectivity index (χ3n) is 3.26. The van der Waals surface area contributed by atoms with Crippen molar-refractivity contribution in [3.63, 3.8) is 0 Å². The van der Waals surface area contributed by atoms with E-state index in [1.807, 2.05) is 6.92 Å². The summed E-state index contributed by atoms with van der Waals surface area (Å²) < 4.78 is 0. The van der Waals surface area contributed by atoms with Crippen LogP contribution < -0.4 is 10.2 Å². The first kappa shape index (κ1) is 17.3. The third kappa shape index (κ3) is 4.71. The lowest BCUT2D eigenvalue weighted by Crippen LogP contribution is -2.36. The van der Waals surface area contributed by atoms with Crippen LogP contribution in [0.5, 0.6) is 0 Å². The lowest BCUT2D eigenvalue weighted by Gasteiger charge is -2.21. The highest BCUT2D eigenvalue weighted by molar-refractivity contribution is 6.31. The van der Waals surface area contributed by atoms with Crippen LogP contribution in [0.15, 0.2) is 42.5 Å². The molecule has 0 fully saturated rings. The second-order valence-electron chi connectivity index (χ2n) is 5.09. The van der Waals surface area contributed by atoms with Crippen LogP contribution in [0.4, 0.5) is 11.4 Å². The molecule has 120 valence electrons. The van der Waals surface area contributed by atoms with Crippen LogP contribution in [-0.2, 0) is 9.59 Å². The molecule has 0 aromatic heterocycles. The van der Waals surface area contributed by atoms with Gasteiger partial charge in [-0.2, -0.15) is 0 Å². The monoisotopic (exact) mass is 350 g/mol. The van der Waals surface area contributed by atoms with E-state index in [1.54, 1.807) is 42.5 Å². The highest BCUT2D eigenvalue weighted by Gasteiger charge is 2.16. The van der Waals surface area contributed by atoms with Gasteiger partial charge in [0.15, 0.2) is 0 Å². The second kappa shape index (κ2) is 7.49. The zero-order chi connectivity index (χ0) is 17.0. The van der Waals surface area contributed by atoms with E-state index in [9.17, 15) is 9.59 Å². The molecule has 2 rings (SSSR count). The molecule has 2 amide bonds. The molecule has 0 saturated carbocycles. The number of carbonyl (C=O) groups excluding carboxylic acids is 2. The van der Waals surface area contributed by atoms with E-state index in [2.05, 4.69) is 5.32 Å². The van der Waals surface area contributed by atoms with E-state index in [4.69, 9.17) is 23.2 Å². The molecule has 1 N–H and O–H groups in total. The van der Waals surface area contributed by atoms with Crippen molar-refractivity contribution in [1.82, 2.24) is 0 Å². The molecule has 0 spiro atoms. The van der Waals surface area contributed by atoms with Gasteiger partial charge in [0.1, 0.15) is 6.54 Å². The first-order valence-electron chi connectivity index (χ1n) is 6.96. The van der Waals surface area contributed by atoms with E-state index in [0.29, 0.717) is 21.4 Å². The van der Waals surface area contributed by atoms with E-state index >= 15 is 0 Å². The van der Waals surface area contributed by atoms with Crippen molar-refractivity contribution in [1.29, 1.82) is 0 Å². The van der Waals surface area contributed by atoms with Crippen LogP contribution in [0.25, 0.3) is 0 Å². The van der Waals surface area contributed by atoms with Crippen molar-refractivity contribution >= 4 is 46.4 Å². The van der Waals surface area contributed by atoms with Crippen molar-refractivity contribution in [2.24, 2.45) is 0 Å². The summed E-state index contributed by atoms with van der Waals surface area (Å²) in [5.41, 5.74) is 2.09. The summed E-state index contributed by atoms with van der Waals surface area (Å²) in [6, 6.07) is 12.0. The van der Waals surface area contributed by atoms with Crippen molar-refractivity contribution in [3.8, 4) is 0 Å². The molecule has 0 aliphatic carbocycles. The molecule has 0 radical (unpaired) electrons. The molecule has 2 aromatic rings. The highest BCUT2D eigenvalue weighted by Crippen LogP contribution is 2.21. The minimum absolute atomic E-state index is 0.0995. The molecule has 0 saturated heterocycles. The lowest BCUT2D eigenvalue weighted by molar-refractivity contribution is -0.120. The van der Waals surface area contributed by atoms with Crippen molar-refractivity contribution < 1.29 is 9.59 Å². The fourth-order valence-electron chi connectivity index (χ4n) is 2.13. The van der Waals surface area contributed by atoms with E-state index in [1.165, 1.54) is 11.8 Å². The summed E-state index contributed by atoms with van der Waals surface area (Å²) in [5, 5.41) is 3.89. The molecule has 0 aliphatic heterocycles. The number of halogens is 2. The average Bonchev–Trinajstić information content (AvgIpc) is 2.47. The molecule has 0 heterocycles. The number of hydrogen-bond acceptors (Lipinski definition) is 2. The minimum Gasteiger partial charge on any atom is -0.324 e. The molecule has 0 bridgehead atoms. The number of rotatable bonds is 4. The number of carbonyl (C=O) groups is 2. The topological polar surface area (TPSA) is 49.4 Å². The van der Waals surface area contributed by atoms with Crippen LogP contribution in [-0.4, -0.2) is 18.4 Å². The molecule has 2 aromatic carbocycles. The third-order valence-corrected chi connectivity index (χ3v) is 3.73. The zero-order valence-electron chi connectivity index (χ0n) is 12.8. The van der Waals surface area contributed by atoms with Gasteiger partial charge in [-0.15, -0.1) is 0 Å². The Morgan fingerprint density at radius 3 is 2.39 bits per heavy atom. The molecular weight excluding hydrogens is 335 g/mol. The summed E-state index contributed by atoms with van der Waals surface area (Å²) in [5.74, 6) is -0.541. The van der Waals surface area contributed by atoms with Gasteiger partial charge in [0.25, 0.3) is 0 Å². The summed E-state index contributed by atoms with van der Waals surface area (Å²) in [4.78, 5) is 25.5. The lowest BCUT2D eigenvalue weighted by atomic mass is 10.2. The number of amides is 2. The highest BCUT2D eigenvalue weighted by atomic mass is 35.5.